The van der Waals surface area contributed by atoms with Crippen LogP contribution in [0.25, 0.3) is 0 Å². The van der Waals surface area contributed by atoms with Crippen molar-refractivity contribution >= 4 is 11.9 Å². The van der Waals surface area contributed by atoms with E-state index in [9.17, 15) is 14.7 Å². The van der Waals surface area contributed by atoms with Gasteiger partial charge < -0.3 is 19.8 Å². The van der Waals surface area contributed by atoms with E-state index in [2.05, 4.69) is 0 Å². The lowest BCUT2D eigenvalue weighted by Crippen LogP contribution is -2.50. The van der Waals surface area contributed by atoms with Gasteiger partial charge in [-0.05, 0) is 18.6 Å². The van der Waals surface area contributed by atoms with E-state index in [1.165, 1.54) is 6.07 Å². The molecule has 1 aliphatic rings. The van der Waals surface area contributed by atoms with Crippen molar-refractivity contribution in [2.24, 2.45) is 0 Å². The zero-order chi connectivity index (χ0) is 15.4. The number of ether oxygens (including phenoxy) is 1. The number of rotatable bonds is 4. The Kier molecular flexibility index (Phi) is 4.93. The lowest BCUT2D eigenvalue weighted by atomic mass is 10.0. The minimum atomic E-state index is -1.04. The van der Waals surface area contributed by atoms with E-state index < -0.39 is 5.97 Å². The number of benzene rings is 1. The fourth-order valence-corrected chi connectivity index (χ4v) is 2.51. The van der Waals surface area contributed by atoms with Gasteiger partial charge in [0.25, 0.3) is 0 Å². The second-order valence-corrected chi connectivity index (χ2v) is 5.19. The maximum Gasteiger partial charge on any atom is 0.335 e. The summed E-state index contributed by atoms with van der Waals surface area (Å²) in [4.78, 5) is 25.1. The number of carbonyl (C=O) groups is 2. The average Bonchev–Trinajstić information content (AvgIpc) is 2.46. The number of carboxylic acid groups (broad SMARTS) is 1. The zero-order valence-corrected chi connectivity index (χ0v) is 11.9. The van der Waals surface area contributed by atoms with Crippen LogP contribution < -0.4 is 0 Å². The van der Waals surface area contributed by atoms with Crippen LogP contribution in [0, 0.1) is 0 Å². The Hall–Kier alpha value is -1.92. The molecule has 1 heterocycles. The van der Waals surface area contributed by atoms with Crippen LogP contribution in [0.4, 0.5) is 0 Å². The number of aromatic carboxylic acids is 1. The van der Waals surface area contributed by atoms with Gasteiger partial charge in [0, 0.05) is 13.1 Å². The molecule has 6 nitrogen and oxygen atoms in total. The van der Waals surface area contributed by atoms with Crippen LogP contribution in [0.5, 0.6) is 0 Å². The Morgan fingerprint density at radius 3 is 2.71 bits per heavy atom. The first-order valence-electron chi connectivity index (χ1n) is 6.86. The van der Waals surface area contributed by atoms with Crippen LogP contribution in [-0.4, -0.2) is 58.9 Å². The summed E-state index contributed by atoms with van der Waals surface area (Å²) in [6.45, 7) is 2.48. The molecular weight excluding hydrogens is 274 g/mol. The topological polar surface area (TPSA) is 87.1 Å². The summed E-state index contributed by atoms with van der Waals surface area (Å²) < 4.78 is 5.49. The summed E-state index contributed by atoms with van der Waals surface area (Å²) in [5, 5.41) is 18.3. The molecule has 0 radical (unpaired) electrons. The second-order valence-electron chi connectivity index (χ2n) is 5.19. The molecule has 0 aliphatic carbocycles. The number of aliphatic hydroxyl groups is 1. The molecule has 1 aromatic carbocycles. The van der Waals surface area contributed by atoms with Gasteiger partial charge in [-0.2, -0.15) is 0 Å². The Bertz CT molecular complexity index is 531. The quantitative estimate of drug-likeness (QED) is 0.846. The molecule has 0 saturated carbocycles. The van der Waals surface area contributed by atoms with E-state index >= 15 is 0 Å². The summed E-state index contributed by atoms with van der Waals surface area (Å²) in [5.41, 5.74) is 0.639. The average molecular weight is 293 g/mol. The van der Waals surface area contributed by atoms with Crippen molar-refractivity contribution < 1.29 is 24.5 Å². The highest BCUT2D eigenvalue weighted by Gasteiger charge is 2.28. The van der Waals surface area contributed by atoms with Crippen molar-refractivity contribution in [2.45, 2.75) is 25.6 Å². The summed E-state index contributed by atoms with van der Waals surface area (Å²) in [6, 6.07) is 6.49. The maximum atomic E-state index is 12.3. The molecule has 2 unspecified atom stereocenters. The number of nitrogens with zero attached hydrogens (tertiary/aromatic N) is 1. The third-order valence-corrected chi connectivity index (χ3v) is 3.47. The van der Waals surface area contributed by atoms with E-state index in [1.807, 2.05) is 6.92 Å². The molecule has 6 heteroatoms. The number of carbonyl (C=O) groups excluding carboxylic acids is 1. The minimum Gasteiger partial charge on any atom is -0.478 e. The molecule has 0 bridgehead atoms. The molecule has 114 valence electrons. The minimum absolute atomic E-state index is 0.0351. The number of hydrogen-bond donors (Lipinski definition) is 2. The van der Waals surface area contributed by atoms with Crippen molar-refractivity contribution in [3.05, 3.63) is 35.4 Å². The Labute approximate surface area is 122 Å². The van der Waals surface area contributed by atoms with Gasteiger partial charge in [-0.15, -0.1) is 0 Å². The van der Waals surface area contributed by atoms with Crippen molar-refractivity contribution in [2.75, 3.05) is 19.7 Å². The predicted molar refractivity (Wildman–Crippen MR) is 75.1 cm³/mol. The van der Waals surface area contributed by atoms with Crippen LogP contribution in [0.1, 0.15) is 22.8 Å². The van der Waals surface area contributed by atoms with Crippen molar-refractivity contribution in [1.82, 2.24) is 4.90 Å². The molecule has 2 atom stereocenters. The van der Waals surface area contributed by atoms with Gasteiger partial charge in [-0.3, -0.25) is 4.79 Å². The first-order valence-corrected chi connectivity index (χ1v) is 6.86. The van der Waals surface area contributed by atoms with E-state index in [4.69, 9.17) is 9.84 Å². The van der Waals surface area contributed by atoms with E-state index in [0.29, 0.717) is 18.7 Å². The third kappa shape index (κ3) is 3.80. The lowest BCUT2D eigenvalue weighted by Gasteiger charge is -2.36. The van der Waals surface area contributed by atoms with Crippen molar-refractivity contribution in [3.63, 3.8) is 0 Å². The Balaban J connectivity index is 2.09. The smallest absolute Gasteiger partial charge is 0.335 e. The van der Waals surface area contributed by atoms with Gasteiger partial charge in [-0.1, -0.05) is 18.2 Å². The number of amides is 1. The maximum absolute atomic E-state index is 12.3. The summed E-state index contributed by atoms with van der Waals surface area (Å²) in [5.74, 6) is -1.20. The highest BCUT2D eigenvalue weighted by atomic mass is 16.5. The predicted octanol–water partition coefficient (Wildman–Crippen LogP) is 0.536. The number of morpholine rings is 1. The molecule has 2 N–H and O–H groups in total. The Morgan fingerprint density at radius 2 is 2.05 bits per heavy atom. The van der Waals surface area contributed by atoms with Crippen molar-refractivity contribution in [3.8, 4) is 0 Å². The fraction of sp³-hybridized carbons (Fsp3) is 0.467. The third-order valence-electron chi connectivity index (χ3n) is 3.47. The molecular formula is C15H19NO5. The van der Waals surface area contributed by atoms with E-state index in [1.54, 1.807) is 23.1 Å². The van der Waals surface area contributed by atoms with Gasteiger partial charge >= 0.3 is 5.97 Å². The first-order chi connectivity index (χ1) is 10.0. The lowest BCUT2D eigenvalue weighted by molar-refractivity contribution is -0.146. The van der Waals surface area contributed by atoms with Crippen LogP contribution in [-0.2, 0) is 16.0 Å². The number of carboxylic acids is 1. The Morgan fingerprint density at radius 1 is 1.33 bits per heavy atom. The summed E-state index contributed by atoms with van der Waals surface area (Å²) >= 11 is 0. The van der Waals surface area contributed by atoms with Gasteiger partial charge in [-0.25, -0.2) is 4.79 Å². The normalized spacial score (nSPS) is 22.1. The largest absolute Gasteiger partial charge is 0.478 e. The van der Waals surface area contributed by atoms with Crippen LogP contribution in [0.3, 0.4) is 0 Å². The molecule has 1 amide bonds. The summed E-state index contributed by atoms with van der Waals surface area (Å²) in [7, 11) is 0. The summed E-state index contributed by atoms with van der Waals surface area (Å²) in [6.07, 6.45) is -0.491. The molecule has 21 heavy (non-hydrogen) atoms. The number of hydrogen-bond acceptors (Lipinski definition) is 4. The van der Waals surface area contributed by atoms with E-state index in [-0.39, 0.29) is 36.7 Å². The monoisotopic (exact) mass is 293 g/mol. The molecule has 1 aromatic rings. The van der Waals surface area contributed by atoms with Gasteiger partial charge in [0.2, 0.25) is 5.91 Å². The van der Waals surface area contributed by atoms with Crippen LogP contribution in [0.15, 0.2) is 24.3 Å². The SMILES string of the molecule is CC1CN(C(=O)Cc2ccccc2C(=O)O)CC(CO)O1. The number of aliphatic hydroxyl groups excluding tert-OH is 1. The van der Waals surface area contributed by atoms with Crippen LogP contribution >= 0.6 is 0 Å². The highest BCUT2D eigenvalue weighted by Crippen LogP contribution is 2.15. The highest BCUT2D eigenvalue weighted by molar-refractivity contribution is 5.91. The first kappa shape index (κ1) is 15.5. The second kappa shape index (κ2) is 6.69. The molecule has 0 spiro atoms. The molecule has 2 rings (SSSR count). The zero-order valence-electron chi connectivity index (χ0n) is 11.9. The van der Waals surface area contributed by atoms with Gasteiger partial charge in [0.15, 0.2) is 0 Å². The van der Waals surface area contributed by atoms with Gasteiger partial charge in [0.1, 0.15) is 0 Å². The molecule has 0 aromatic heterocycles. The van der Waals surface area contributed by atoms with Crippen LogP contribution in [0.2, 0.25) is 0 Å². The van der Waals surface area contributed by atoms with Crippen molar-refractivity contribution in [1.29, 1.82) is 0 Å². The molecule has 1 fully saturated rings. The molecule has 1 saturated heterocycles. The fourth-order valence-electron chi connectivity index (χ4n) is 2.51. The van der Waals surface area contributed by atoms with Gasteiger partial charge in [0.05, 0.1) is 30.8 Å². The standard InChI is InChI=1S/C15H19NO5/c1-10-7-16(8-12(9-17)21-10)14(18)6-11-4-2-3-5-13(11)15(19)20/h2-5,10,12,17H,6-9H2,1H3,(H,19,20). The van der Waals surface area contributed by atoms with E-state index in [0.717, 1.165) is 0 Å². The molecule has 1 aliphatic heterocycles.